The van der Waals surface area contributed by atoms with Gasteiger partial charge in [-0.3, -0.25) is 29.0 Å². The van der Waals surface area contributed by atoms with Crippen LogP contribution < -0.4 is 22.3 Å². The molecule has 0 aliphatic rings. The Kier molecular flexibility index (Phi) is 18.2. The van der Waals surface area contributed by atoms with E-state index < -0.39 is 46.3 Å². The van der Waals surface area contributed by atoms with Gasteiger partial charge in [0, 0.05) is 19.5 Å². The second-order valence-corrected chi connectivity index (χ2v) is 14.0. The number of hydrogen-bond donors (Lipinski definition) is 1. The lowest BCUT2D eigenvalue weighted by atomic mass is 10.2. The Hall–Kier alpha value is -1.76. The van der Waals surface area contributed by atoms with Crippen LogP contribution in [0.4, 0.5) is 0 Å². The van der Waals surface area contributed by atoms with E-state index in [2.05, 4.69) is 5.32 Å². The van der Waals surface area contributed by atoms with Gasteiger partial charge in [-0.2, -0.15) is 0 Å². The van der Waals surface area contributed by atoms with E-state index in [1.807, 2.05) is 0 Å². The van der Waals surface area contributed by atoms with Gasteiger partial charge in [-0.05, 0) is 83.1 Å². The molecule has 0 aliphatic carbocycles. The molecule has 11 nitrogen and oxygen atoms in total. The van der Waals surface area contributed by atoms with Crippen molar-refractivity contribution in [2.45, 2.75) is 112 Å². The molecule has 0 aromatic heterocycles. The average molecular weight is 655 g/mol. The van der Waals surface area contributed by atoms with Crippen LogP contribution in [0.5, 0.6) is 0 Å². The van der Waals surface area contributed by atoms with E-state index in [4.69, 9.17) is 18.9 Å². The molecule has 0 saturated carbocycles. The van der Waals surface area contributed by atoms with Gasteiger partial charge in [-0.1, -0.05) is 0 Å². The van der Waals surface area contributed by atoms with E-state index in [0.717, 1.165) is 0 Å². The van der Waals surface area contributed by atoms with Gasteiger partial charge >= 0.3 is 23.9 Å². The van der Waals surface area contributed by atoms with Gasteiger partial charge in [-0.15, -0.1) is 0 Å². The van der Waals surface area contributed by atoms with E-state index in [-0.39, 0.29) is 43.2 Å². The summed E-state index contributed by atoms with van der Waals surface area (Å²) in [5.74, 6) is -1.62. The number of halogens is 1. The van der Waals surface area contributed by atoms with E-state index in [1.165, 1.54) is 0 Å². The van der Waals surface area contributed by atoms with Crippen molar-refractivity contribution in [1.82, 2.24) is 9.80 Å². The Morgan fingerprint density at radius 3 is 1.02 bits per heavy atom. The molecular weight excluding hydrogens is 598 g/mol. The van der Waals surface area contributed by atoms with Gasteiger partial charge in [0.2, 0.25) is 0 Å². The summed E-state index contributed by atoms with van der Waals surface area (Å²) in [5.41, 5.74) is -2.48. The van der Waals surface area contributed by atoms with E-state index >= 15 is 0 Å². The summed E-state index contributed by atoms with van der Waals surface area (Å²) < 4.78 is 21.7. The number of carbonyl (C=O) groups is 4. The SMILES string of the molecule is CC(C)(C)OC(=O)CN(CCC[NH2+]CCN(CC(=O)OC(C)(C)C)CC(=O)OC(C)(C)C)CC(=O)OC(C)(C)C.[Br-]. The van der Waals surface area contributed by atoms with Crippen LogP contribution in [-0.2, 0) is 38.1 Å². The van der Waals surface area contributed by atoms with Gasteiger partial charge in [0.25, 0.3) is 0 Å². The Morgan fingerprint density at radius 2 is 0.756 bits per heavy atom. The lowest BCUT2D eigenvalue weighted by Gasteiger charge is -2.26. The molecule has 41 heavy (non-hydrogen) atoms. The van der Waals surface area contributed by atoms with Crippen molar-refractivity contribution < 1.29 is 60.4 Å². The molecule has 12 heteroatoms. The molecule has 0 atom stereocenters. The van der Waals surface area contributed by atoms with Gasteiger partial charge in [0.15, 0.2) is 0 Å². The van der Waals surface area contributed by atoms with Crippen molar-refractivity contribution in [3.05, 3.63) is 0 Å². The van der Waals surface area contributed by atoms with Crippen LogP contribution in [0, 0.1) is 0 Å². The first-order chi connectivity index (χ1) is 17.9. The number of carbonyl (C=O) groups excluding carboxylic acids is 4. The van der Waals surface area contributed by atoms with Crippen LogP contribution in [-0.4, -0.2) is 108 Å². The van der Waals surface area contributed by atoms with Crippen LogP contribution >= 0.6 is 0 Å². The molecule has 0 heterocycles. The Morgan fingerprint density at radius 1 is 0.488 bits per heavy atom. The highest BCUT2D eigenvalue weighted by Crippen LogP contribution is 2.11. The first kappa shape index (κ1) is 41.4. The van der Waals surface area contributed by atoms with Crippen LogP contribution in [0.1, 0.15) is 89.5 Å². The number of rotatable bonds is 15. The molecule has 0 bridgehead atoms. The summed E-state index contributed by atoms with van der Waals surface area (Å²) in [5, 5.41) is 2.07. The second kappa shape index (κ2) is 18.0. The standard InChI is InChI=1S/C29H55N3O8.BrH/c1-26(2,3)37-22(33)18-31(19-23(34)38-27(4,5)6)16-13-14-30-15-17-32(20-24(35)39-28(7,8)9)21-25(36)40-29(10,11)12;/h30H,13-21H2,1-12H3;1H. The summed E-state index contributed by atoms with van der Waals surface area (Å²) in [7, 11) is 0. The average Bonchev–Trinajstić information content (AvgIpc) is 2.64. The molecule has 0 rings (SSSR count). The molecule has 0 aliphatic heterocycles. The number of nitrogens with zero attached hydrogens (tertiary/aromatic N) is 2. The minimum Gasteiger partial charge on any atom is -1.00 e. The summed E-state index contributed by atoms with van der Waals surface area (Å²) in [6, 6.07) is 0. The maximum atomic E-state index is 12.4. The predicted octanol–water partition coefficient (Wildman–Crippen LogP) is -1.09. The quantitative estimate of drug-likeness (QED) is 0.132. The predicted molar refractivity (Wildman–Crippen MR) is 153 cm³/mol. The molecule has 242 valence electrons. The van der Waals surface area contributed by atoms with E-state index in [0.29, 0.717) is 32.6 Å². The summed E-state index contributed by atoms with van der Waals surface area (Å²) in [4.78, 5) is 53.0. The first-order valence-corrected chi connectivity index (χ1v) is 14.1. The summed E-state index contributed by atoms with van der Waals surface area (Å²) in [6.07, 6.45) is 0.698. The molecule has 0 spiro atoms. The lowest BCUT2D eigenvalue weighted by molar-refractivity contribution is -0.654. The van der Waals surface area contributed by atoms with Crippen LogP contribution in [0.3, 0.4) is 0 Å². The monoisotopic (exact) mass is 653 g/mol. The van der Waals surface area contributed by atoms with Crippen LogP contribution in [0.15, 0.2) is 0 Å². The highest BCUT2D eigenvalue weighted by molar-refractivity contribution is 5.76. The fourth-order valence-electron chi connectivity index (χ4n) is 3.53. The number of hydrogen-bond acceptors (Lipinski definition) is 10. The minimum absolute atomic E-state index is 0. The molecule has 0 unspecified atom stereocenters. The fourth-order valence-corrected chi connectivity index (χ4v) is 3.53. The van der Waals surface area contributed by atoms with Crippen LogP contribution in [0.25, 0.3) is 0 Å². The topological polar surface area (TPSA) is 128 Å². The van der Waals surface area contributed by atoms with Gasteiger partial charge in [0.05, 0.1) is 39.3 Å². The van der Waals surface area contributed by atoms with Gasteiger partial charge in [-0.25, -0.2) is 0 Å². The van der Waals surface area contributed by atoms with Crippen molar-refractivity contribution in [2.24, 2.45) is 0 Å². The number of ether oxygens (including phenoxy) is 4. The van der Waals surface area contributed by atoms with E-state index in [9.17, 15) is 19.2 Å². The van der Waals surface area contributed by atoms with Gasteiger partial charge in [0.1, 0.15) is 22.4 Å². The molecule has 2 N–H and O–H groups in total. The zero-order valence-corrected chi connectivity index (χ0v) is 29.1. The van der Waals surface area contributed by atoms with Crippen molar-refractivity contribution in [3.63, 3.8) is 0 Å². The van der Waals surface area contributed by atoms with Crippen molar-refractivity contribution in [3.8, 4) is 0 Å². The van der Waals surface area contributed by atoms with Crippen molar-refractivity contribution in [2.75, 3.05) is 52.4 Å². The third-order valence-corrected chi connectivity index (χ3v) is 4.62. The highest BCUT2D eigenvalue weighted by atomic mass is 79.9. The normalized spacial score (nSPS) is 12.5. The molecule has 0 radical (unpaired) electrons. The highest BCUT2D eigenvalue weighted by Gasteiger charge is 2.25. The lowest BCUT2D eigenvalue weighted by Crippen LogP contribution is -3.00. The fraction of sp³-hybridized carbons (Fsp3) is 0.862. The smallest absolute Gasteiger partial charge is 0.320 e. The zero-order chi connectivity index (χ0) is 31.4. The molecular formula is C29H56BrN3O8. The number of quaternary nitrogens is 1. The van der Waals surface area contributed by atoms with Crippen molar-refractivity contribution >= 4 is 23.9 Å². The third kappa shape index (κ3) is 26.9. The number of nitrogens with two attached hydrogens (primary N) is 1. The summed E-state index contributed by atoms with van der Waals surface area (Å²) >= 11 is 0. The largest absolute Gasteiger partial charge is 1.00 e. The molecule has 0 fully saturated rings. The Labute approximate surface area is 258 Å². The molecule has 0 aromatic rings. The number of esters is 4. The molecule has 0 saturated heterocycles. The third-order valence-electron chi connectivity index (χ3n) is 4.62. The molecule has 0 aromatic carbocycles. The van der Waals surface area contributed by atoms with E-state index in [1.54, 1.807) is 92.9 Å². The van der Waals surface area contributed by atoms with Gasteiger partial charge < -0.3 is 41.2 Å². The maximum Gasteiger partial charge on any atom is 0.320 e. The van der Waals surface area contributed by atoms with Crippen molar-refractivity contribution in [1.29, 1.82) is 0 Å². The first-order valence-electron chi connectivity index (χ1n) is 14.1. The maximum absolute atomic E-state index is 12.4. The van der Waals surface area contributed by atoms with Crippen LogP contribution in [0.2, 0.25) is 0 Å². The Bertz CT molecular complexity index is 696. The Balaban J connectivity index is 0. The molecule has 0 amide bonds. The summed E-state index contributed by atoms with van der Waals surface area (Å²) in [6.45, 7) is 23.8. The zero-order valence-electron chi connectivity index (χ0n) is 27.5. The second-order valence-electron chi connectivity index (χ2n) is 14.0. The minimum atomic E-state index is -0.620.